The summed E-state index contributed by atoms with van der Waals surface area (Å²) >= 11 is 7.42. The molecule has 1 saturated carbocycles. The second kappa shape index (κ2) is 7.15. The van der Waals surface area contributed by atoms with Crippen LogP contribution in [-0.2, 0) is 6.54 Å². The highest BCUT2D eigenvalue weighted by molar-refractivity contribution is 7.16. The molecule has 1 aliphatic rings. The van der Waals surface area contributed by atoms with Gasteiger partial charge in [-0.3, -0.25) is 0 Å². The van der Waals surface area contributed by atoms with Crippen LogP contribution < -0.4 is 5.32 Å². The monoisotopic (exact) mass is 300 g/mol. The Morgan fingerprint density at radius 3 is 2.63 bits per heavy atom. The van der Waals surface area contributed by atoms with Gasteiger partial charge in [-0.1, -0.05) is 37.3 Å². The van der Waals surface area contributed by atoms with Gasteiger partial charge in [0.2, 0.25) is 0 Å². The zero-order chi connectivity index (χ0) is 13.7. The molecule has 1 aliphatic carbocycles. The van der Waals surface area contributed by atoms with Gasteiger partial charge in [0.25, 0.3) is 0 Å². The molecule has 0 unspecified atom stereocenters. The Bertz CT molecular complexity index is 413. The molecule has 0 atom stereocenters. The van der Waals surface area contributed by atoms with Crippen LogP contribution in [0.2, 0.25) is 4.34 Å². The van der Waals surface area contributed by atoms with Gasteiger partial charge in [-0.15, -0.1) is 11.3 Å². The van der Waals surface area contributed by atoms with Crippen molar-refractivity contribution in [2.45, 2.75) is 51.1 Å². The molecule has 1 fully saturated rings. The number of nitrogens with zero attached hydrogens (tertiary/aromatic N) is 1. The molecular weight excluding hydrogens is 280 g/mol. The van der Waals surface area contributed by atoms with Crippen LogP contribution in [0.15, 0.2) is 12.1 Å². The Kier molecular flexibility index (Phi) is 5.52. The summed E-state index contributed by atoms with van der Waals surface area (Å²) in [6.07, 6.45) is 7.30. The van der Waals surface area contributed by atoms with Crippen molar-refractivity contribution in [2.75, 3.05) is 7.05 Å². The zero-order valence-corrected chi connectivity index (χ0v) is 12.9. The number of thiophene rings is 1. The molecule has 0 bridgehead atoms. The summed E-state index contributed by atoms with van der Waals surface area (Å²) in [4.78, 5) is 15.0. The lowest BCUT2D eigenvalue weighted by Crippen LogP contribution is -2.42. The second-order valence-corrected chi connectivity index (χ2v) is 7.00. The van der Waals surface area contributed by atoms with Crippen LogP contribution in [-0.4, -0.2) is 24.0 Å². The maximum absolute atomic E-state index is 12.1. The lowest BCUT2D eigenvalue weighted by molar-refractivity contribution is 0.201. The lowest BCUT2D eigenvalue weighted by atomic mass is 10.1. The summed E-state index contributed by atoms with van der Waals surface area (Å²) in [5.74, 6) is 0. The Morgan fingerprint density at radius 2 is 2.05 bits per heavy atom. The van der Waals surface area contributed by atoms with E-state index >= 15 is 0 Å². The number of carbonyl (C=O) groups excluding carboxylic acids is 1. The molecule has 2 rings (SSSR count). The van der Waals surface area contributed by atoms with Crippen molar-refractivity contribution in [2.24, 2.45) is 0 Å². The molecule has 1 heterocycles. The number of urea groups is 1. The van der Waals surface area contributed by atoms with Crippen LogP contribution in [0.3, 0.4) is 0 Å². The van der Waals surface area contributed by atoms with E-state index in [1.54, 1.807) is 4.90 Å². The van der Waals surface area contributed by atoms with Crippen LogP contribution >= 0.6 is 22.9 Å². The van der Waals surface area contributed by atoms with Crippen molar-refractivity contribution in [1.29, 1.82) is 0 Å². The molecule has 19 heavy (non-hydrogen) atoms. The predicted molar refractivity (Wildman–Crippen MR) is 80.8 cm³/mol. The maximum Gasteiger partial charge on any atom is 0.317 e. The highest BCUT2D eigenvalue weighted by Gasteiger charge is 2.17. The van der Waals surface area contributed by atoms with Gasteiger partial charge in [0.05, 0.1) is 10.9 Å². The standard InChI is InChI=1S/C14H21ClN2OS/c1-17(10-12-8-9-13(15)19-12)14(18)16-11-6-4-2-3-5-7-11/h8-9,11H,2-7,10H2,1H3,(H,16,18). The van der Waals surface area contributed by atoms with Crippen molar-refractivity contribution < 1.29 is 4.79 Å². The van der Waals surface area contributed by atoms with E-state index in [4.69, 9.17) is 11.6 Å². The summed E-state index contributed by atoms with van der Waals surface area (Å²) in [5.41, 5.74) is 0. The molecule has 1 aromatic rings. The Morgan fingerprint density at radius 1 is 1.37 bits per heavy atom. The van der Waals surface area contributed by atoms with Crippen molar-refractivity contribution in [3.05, 3.63) is 21.3 Å². The van der Waals surface area contributed by atoms with E-state index in [1.807, 2.05) is 19.2 Å². The van der Waals surface area contributed by atoms with Crippen molar-refractivity contribution >= 4 is 29.0 Å². The van der Waals surface area contributed by atoms with Gasteiger partial charge < -0.3 is 10.2 Å². The molecule has 0 aromatic carbocycles. The molecule has 106 valence electrons. The molecule has 3 nitrogen and oxygen atoms in total. The van der Waals surface area contributed by atoms with Gasteiger partial charge >= 0.3 is 6.03 Å². The van der Waals surface area contributed by atoms with E-state index in [0.29, 0.717) is 12.6 Å². The van der Waals surface area contributed by atoms with Crippen LogP contribution in [0.4, 0.5) is 4.79 Å². The smallest absolute Gasteiger partial charge is 0.317 e. The van der Waals surface area contributed by atoms with Gasteiger partial charge in [-0.25, -0.2) is 4.79 Å². The summed E-state index contributed by atoms with van der Waals surface area (Å²) < 4.78 is 0.771. The first-order valence-corrected chi connectivity index (χ1v) is 8.10. The van der Waals surface area contributed by atoms with E-state index in [-0.39, 0.29) is 6.03 Å². The average Bonchev–Trinajstić information content (AvgIpc) is 2.64. The number of hydrogen-bond acceptors (Lipinski definition) is 2. The molecule has 2 amide bonds. The van der Waals surface area contributed by atoms with Crippen LogP contribution in [0, 0.1) is 0 Å². The van der Waals surface area contributed by atoms with E-state index in [2.05, 4.69) is 5.32 Å². The fourth-order valence-electron chi connectivity index (χ4n) is 2.45. The summed E-state index contributed by atoms with van der Waals surface area (Å²) in [7, 11) is 1.83. The SMILES string of the molecule is CN(Cc1ccc(Cl)s1)C(=O)NC1CCCCCC1. The first-order valence-electron chi connectivity index (χ1n) is 6.91. The first kappa shape index (κ1) is 14.7. The topological polar surface area (TPSA) is 32.3 Å². The van der Waals surface area contributed by atoms with E-state index in [9.17, 15) is 4.79 Å². The molecule has 0 radical (unpaired) electrons. The average molecular weight is 301 g/mol. The zero-order valence-electron chi connectivity index (χ0n) is 11.3. The summed E-state index contributed by atoms with van der Waals surface area (Å²) in [6.45, 7) is 0.621. The molecule has 5 heteroatoms. The number of halogens is 1. The lowest BCUT2D eigenvalue weighted by Gasteiger charge is -2.22. The van der Waals surface area contributed by atoms with Gasteiger partial charge in [-0.05, 0) is 25.0 Å². The van der Waals surface area contributed by atoms with Gasteiger partial charge in [0.15, 0.2) is 0 Å². The van der Waals surface area contributed by atoms with Crippen molar-refractivity contribution in [3.8, 4) is 0 Å². The normalized spacial score (nSPS) is 16.9. The fraction of sp³-hybridized carbons (Fsp3) is 0.643. The molecule has 1 aromatic heterocycles. The molecular formula is C14H21ClN2OS. The minimum absolute atomic E-state index is 0.0245. The van der Waals surface area contributed by atoms with Gasteiger partial charge in [0.1, 0.15) is 0 Å². The number of amides is 2. The highest BCUT2D eigenvalue weighted by Crippen LogP contribution is 2.22. The predicted octanol–water partition coefficient (Wildman–Crippen LogP) is 4.27. The molecule has 0 aliphatic heterocycles. The first-order chi connectivity index (χ1) is 9.15. The number of rotatable bonds is 3. The van der Waals surface area contributed by atoms with E-state index in [1.165, 1.54) is 37.0 Å². The third-order valence-electron chi connectivity index (χ3n) is 3.55. The van der Waals surface area contributed by atoms with Crippen molar-refractivity contribution in [1.82, 2.24) is 10.2 Å². The van der Waals surface area contributed by atoms with E-state index in [0.717, 1.165) is 22.1 Å². The quantitative estimate of drug-likeness (QED) is 0.831. The third-order valence-corrected chi connectivity index (χ3v) is 4.77. The summed E-state index contributed by atoms with van der Waals surface area (Å²) in [6, 6.07) is 4.22. The number of nitrogens with one attached hydrogen (secondary N) is 1. The minimum atomic E-state index is 0.0245. The van der Waals surface area contributed by atoms with Crippen LogP contribution in [0.1, 0.15) is 43.4 Å². The Labute approximate surface area is 123 Å². The maximum atomic E-state index is 12.1. The fourth-order valence-corrected chi connectivity index (χ4v) is 3.59. The number of hydrogen-bond donors (Lipinski definition) is 1. The number of carbonyl (C=O) groups is 1. The minimum Gasteiger partial charge on any atom is -0.335 e. The highest BCUT2D eigenvalue weighted by atomic mass is 35.5. The molecule has 0 saturated heterocycles. The van der Waals surface area contributed by atoms with E-state index < -0.39 is 0 Å². The van der Waals surface area contributed by atoms with Crippen molar-refractivity contribution in [3.63, 3.8) is 0 Å². The second-order valence-electron chi connectivity index (χ2n) is 5.20. The van der Waals surface area contributed by atoms with Gasteiger partial charge in [-0.2, -0.15) is 0 Å². The third kappa shape index (κ3) is 4.69. The summed E-state index contributed by atoms with van der Waals surface area (Å²) in [5, 5.41) is 3.14. The largest absolute Gasteiger partial charge is 0.335 e. The van der Waals surface area contributed by atoms with Gasteiger partial charge in [0, 0.05) is 18.0 Å². The molecule has 0 spiro atoms. The van der Waals surface area contributed by atoms with Crippen LogP contribution in [0.25, 0.3) is 0 Å². The Balaban J connectivity index is 1.81. The Hall–Kier alpha value is -0.740. The molecule has 1 N–H and O–H groups in total. The van der Waals surface area contributed by atoms with Crippen LogP contribution in [0.5, 0.6) is 0 Å².